The molecule has 1 atom stereocenters. The van der Waals surface area contributed by atoms with Crippen LogP contribution in [0.1, 0.15) is 38.6 Å². The Morgan fingerprint density at radius 1 is 1.16 bits per heavy atom. The first-order valence-electron chi connectivity index (χ1n) is 14.2. The summed E-state index contributed by atoms with van der Waals surface area (Å²) in [5.74, 6) is 0.264. The predicted molar refractivity (Wildman–Crippen MR) is 171 cm³/mol. The second-order valence-electron chi connectivity index (χ2n) is 10.3. The Kier molecular flexibility index (Phi) is 10.5. The van der Waals surface area contributed by atoms with Crippen LogP contribution in [0.5, 0.6) is 5.88 Å². The number of hydrogen-bond acceptors (Lipinski definition) is 10. The molecule has 44 heavy (non-hydrogen) atoms. The van der Waals surface area contributed by atoms with E-state index in [-0.39, 0.29) is 24.5 Å². The van der Waals surface area contributed by atoms with Gasteiger partial charge in [0, 0.05) is 78.3 Å². The lowest BCUT2D eigenvalue weighted by Gasteiger charge is -2.15. The molecule has 1 fully saturated rings. The maximum Gasteiger partial charge on any atom is 0.284 e. The van der Waals surface area contributed by atoms with Gasteiger partial charge >= 0.3 is 0 Å². The molecule has 0 saturated carbocycles. The van der Waals surface area contributed by atoms with Crippen LogP contribution in [-0.2, 0) is 17.9 Å². The van der Waals surface area contributed by atoms with Crippen molar-refractivity contribution in [2.45, 2.75) is 38.9 Å². The number of hydrogen-bond donors (Lipinski definition) is 5. The van der Waals surface area contributed by atoms with E-state index in [1.54, 1.807) is 19.5 Å². The van der Waals surface area contributed by atoms with E-state index >= 15 is 0 Å². The van der Waals surface area contributed by atoms with Crippen LogP contribution >= 0.6 is 22.9 Å². The number of aliphatic hydroxyl groups excluding tert-OH is 1. The molecule has 1 aromatic carbocycles. The smallest absolute Gasteiger partial charge is 0.284 e. The quantitative estimate of drug-likeness (QED) is 0.138. The van der Waals surface area contributed by atoms with Crippen molar-refractivity contribution in [3.63, 3.8) is 0 Å². The van der Waals surface area contributed by atoms with Crippen molar-refractivity contribution in [1.29, 1.82) is 0 Å². The molecule has 2 amide bonds. The minimum Gasteiger partial charge on any atom is -0.481 e. The fourth-order valence-electron chi connectivity index (χ4n) is 4.96. The van der Waals surface area contributed by atoms with Crippen molar-refractivity contribution >= 4 is 40.4 Å². The van der Waals surface area contributed by atoms with Gasteiger partial charge in [-0.2, -0.15) is 0 Å². The van der Waals surface area contributed by atoms with Gasteiger partial charge in [-0.3, -0.25) is 14.6 Å². The lowest BCUT2D eigenvalue weighted by Crippen LogP contribution is -2.35. The van der Waals surface area contributed by atoms with Crippen LogP contribution in [0.3, 0.4) is 0 Å². The fraction of sp³-hybridized carbons (Fsp3) is 0.323. The van der Waals surface area contributed by atoms with Crippen molar-refractivity contribution < 1.29 is 19.4 Å². The largest absolute Gasteiger partial charge is 0.481 e. The predicted octanol–water partition coefficient (Wildman–Crippen LogP) is 3.94. The summed E-state index contributed by atoms with van der Waals surface area (Å²) >= 11 is 8.25. The van der Waals surface area contributed by atoms with Gasteiger partial charge in [-0.05, 0) is 37.1 Å². The van der Waals surface area contributed by atoms with Gasteiger partial charge in [0.05, 0.1) is 30.1 Å². The number of methoxy groups -OCH3 is 1. The maximum atomic E-state index is 13.0. The van der Waals surface area contributed by atoms with E-state index < -0.39 is 0 Å². The molecule has 0 bridgehead atoms. The highest BCUT2D eigenvalue weighted by Crippen LogP contribution is 2.38. The van der Waals surface area contributed by atoms with Crippen LogP contribution in [0.25, 0.3) is 22.5 Å². The second kappa shape index (κ2) is 14.7. The molecular weight excluding hydrogens is 602 g/mol. The van der Waals surface area contributed by atoms with E-state index in [0.29, 0.717) is 71.1 Å². The molecule has 5 N–H and O–H groups in total. The number of carbonyl (C=O) groups excluding carboxylic acids is 2. The zero-order chi connectivity index (χ0) is 31.1. The molecule has 0 radical (unpaired) electrons. The standard InChI is InChI=1S/C31H34ClN7O4S/c1-18-22(4-3-5-24(18)38-29(42)31-36-17-21(44-31)16-33-12-13-40)28-27(32)23(10-11-35-28)25-8-6-19(30(39-25)43-2)14-34-15-20-7-9-26(41)37-20/h3-6,8,10-11,17,20,33-34,40H,7,9,12-16H2,1-2H3,(H,37,41)(H,38,42)/t20-/m0/s1. The summed E-state index contributed by atoms with van der Waals surface area (Å²) in [5, 5.41) is 22.1. The number of thiazole rings is 1. The Morgan fingerprint density at radius 3 is 2.80 bits per heavy atom. The van der Waals surface area contributed by atoms with Crippen LogP contribution in [-0.4, -0.2) is 64.7 Å². The molecular formula is C31H34ClN7O4S. The summed E-state index contributed by atoms with van der Waals surface area (Å²) in [4.78, 5) is 38.9. The Hall–Kier alpha value is -3.94. The minimum atomic E-state index is -0.310. The summed E-state index contributed by atoms with van der Waals surface area (Å²) < 4.78 is 5.60. The molecule has 13 heteroatoms. The molecule has 11 nitrogen and oxygen atoms in total. The Morgan fingerprint density at radius 2 is 2.02 bits per heavy atom. The summed E-state index contributed by atoms with van der Waals surface area (Å²) in [7, 11) is 1.58. The molecule has 4 aromatic rings. The summed E-state index contributed by atoms with van der Waals surface area (Å²) in [6.45, 7) is 4.16. The second-order valence-corrected chi connectivity index (χ2v) is 11.8. The van der Waals surface area contributed by atoms with Crippen molar-refractivity contribution in [2.75, 3.05) is 32.1 Å². The summed E-state index contributed by atoms with van der Waals surface area (Å²) in [6.07, 6.45) is 4.74. The van der Waals surface area contributed by atoms with Crippen molar-refractivity contribution in [2.24, 2.45) is 0 Å². The molecule has 1 aliphatic heterocycles. The highest BCUT2D eigenvalue weighted by atomic mass is 35.5. The number of amides is 2. The molecule has 3 aromatic heterocycles. The van der Waals surface area contributed by atoms with Crippen LogP contribution in [0.2, 0.25) is 5.02 Å². The third-order valence-corrected chi connectivity index (χ3v) is 8.64. The van der Waals surface area contributed by atoms with Gasteiger partial charge in [0.15, 0.2) is 5.01 Å². The number of aliphatic hydroxyl groups is 1. The number of rotatable bonds is 13. The monoisotopic (exact) mass is 635 g/mol. The molecule has 1 aliphatic rings. The normalized spacial score (nSPS) is 14.5. The summed E-state index contributed by atoms with van der Waals surface area (Å²) in [6, 6.07) is 11.4. The SMILES string of the molecule is COc1nc(-c2ccnc(-c3cccc(NC(=O)c4ncc(CNCCO)s4)c3C)c2Cl)ccc1CNC[C@@H]1CCC(=O)N1. The highest BCUT2D eigenvalue weighted by Gasteiger charge is 2.21. The van der Waals surface area contributed by atoms with E-state index in [4.69, 9.17) is 26.4 Å². The first-order valence-corrected chi connectivity index (χ1v) is 15.4. The highest BCUT2D eigenvalue weighted by molar-refractivity contribution is 7.13. The average molecular weight is 636 g/mol. The number of nitrogens with one attached hydrogen (secondary N) is 4. The molecule has 0 spiro atoms. The molecule has 5 rings (SSSR count). The van der Waals surface area contributed by atoms with Crippen LogP contribution in [0.4, 0.5) is 5.69 Å². The number of pyridine rings is 2. The minimum absolute atomic E-state index is 0.0440. The first kappa shape index (κ1) is 31.5. The van der Waals surface area contributed by atoms with E-state index in [1.807, 2.05) is 43.3 Å². The molecule has 4 heterocycles. The van der Waals surface area contributed by atoms with Gasteiger partial charge in [0.25, 0.3) is 5.91 Å². The number of benzene rings is 1. The number of anilines is 1. The van der Waals surface area contributed by atoms with Gasteiger partial charge in [-0.1, -0.05) is 29.8 Å². The third-order valence-electron chi connectivity index (χ3n) is 7.26. The topological polar surface area (TPSA) is 150 Å². The third kappa shape index (κ3) is 7.40. The van der Waals surface area contributed by atoms with E-state index in [1.165, 1.54) is 11.3 Å². The zero-order valence-corrected chi connectivity index (χ0v) is 26.0. The number of ether oxygens (including phenoxy) is 1. The van der Waals surface area contributed by atoms with Crippen molar-refractivity contribution in [3.05, 3.63) is 74.8 Å². The van der Waals surface area contributed by atoms with E-state index in [0.717, 1.165) is 28.0 Å². The van der Waals surface area contributed by atoms with Crippen LogP contribution in [0.15, 0.2) is 48.8 Å². The van der Waals surface area contributed by atoms with Gasteiger partial charge in [0.1, 0.15) is 0 Å². The van der Waals surface area contributed by atoms with Crippen molar-refractivity contribution in [1.82, 2.24) is 30.9 Å². The Labute approximate surface area is 264 Å². The van der Waals surface area contributed by atoms with Crippen LogP contribution < -0.4 is 26.0 Å². The maximum absolute atomic E-state index is 13.0. The first-order chi connectivity index (χ1) is 21.4. The van der Waals surface area contributed by atoms with Gasteiger partial charge in [-0.15, -0.1) is 11.3 Å². The van der Waals surface area contributed by atoms with E-state index in [9.17, 15) is 9.59 Å². The van der Waals surface area contributed by atoms with Crippen LogP contribution in [0, 0.1) is 6.92 Å². The molecule has 1 saturated heterocycles. The Bertz CT molecular complexity index is 1650. The van der Waals surface area contributed by atoms with Crippen molar-refractivity contribution in [3.8, 4) is 28.4 Å². The van der Waals surface area contributed by atoms with E-state index in [2.05, 4.69) is 31.2 Å². The number of nitrogens with zero attached hydrogens (tertiary/aromatic N) is 3. The lowest BCUT2D eigenvalue weighted by molar-refractivity contribution is -0.119. The summed E-state index contributed by atoms with van der Waals surface area (Å²) in [5.41, 5.74) is 4.99. The Balaban J connectivity index is 1.32. The zero-order valence-electron chi connectivity index (χ0n) is 24.4. The molecule has 0 unspecified atom stereocenters. The molecule has 0 aliphatic carbocycles. The van der Waals surface area contributed by atoms with Gasteiger partial charge < -0.3 is 31.1 Å². The number of aromatic nitrogens is 3. The fourth-order valence-corrected chi connectivity index (χ4v) is 6.05. The number of carbonyl (C=O) groups is 2. The van der Waals surface area contributed by atoms with Gasteiger partial charge in [0.2, 0.25) is 11.8 Å². The lowest BCUT2D eigenvalue weighted by atomic mass is 10.0. The van der Waals surface area contributed by atoms with Gasteiger partial charge in [-0.25, -0.2) is 9.97 Å². The number of halogens is 1. The average Bonchev–Trinajstić information content (AvgIpc) is 3.68. The molecule has 230 valence electrons.